The molecule has 18 heavy (non-hydrogen) atoms. The summed E-state index contributed by atoms with van der Waals surface area (Å²) in [7, 11) is 0. The molecule has 2 rings (SSSR count). The van der Waals surface area contributed by atoms with Crippen LogP contribution in [0.4, 0.5) is 0 Å². The summed E-state index contributed by atoms with van der Waals surface area (Å²) >= 11 is 0. The number of benzene rings is 1. The topological polar surface area (TPSA) is 21.6 Å². The van der Waals surface area contributed by atoms with Crippen LogP contribution >= 0.6 is 0 Å². The van der Waals surface area contributed by atoms with Gasteiger partial charge in [0.1, 0.15) is 0 Å². The molecule has 2 atom stereocenters. The first-order valence-corrected chi connectivity index (χ1v) is 6.83. The smallest absolute Gasteiger partial charge is 0.191 e. The van der Waals surface area contributed by atoms with Crippen LogP contribution in [0, 0.1) is 0 Å². The van der Waals surface area contributed by atoms with E-state index >= 15 is 0 Å². The average molecular weight is 245 g/mol. The first kappa shape index (κ1) is 13.1. The van der Waals surface area contributed by atoms with E-state index in [9.17, 15) is 0 Å². The van der Waals surface area contributed by atoms with Crippen LogP contribution in [-0.2, 0) is 4.74 Å². The third-order valence-corrected chi connectivity index (χ3v) is 3.43. The Hall–Kier alpha value is -1.31. The van der Waals surface area contributed by atoms with Gasteiger partial charge in [-0.05, 0) is 32.8 Å². The van der Waals surface area contributed by atoms with E-state index < -0.39 is 0 Å². The van der Waals surface area contributed by atoms with Crippen molar-refractivity contribution in [2.45, 2.75) is 58.1 Å². The fourth-order valence-corrected chi connectivity index (χ4v) is 2.72. The molecular formula is C16H23NO. The lowest BCUT2D eigenvalue weighted by atomic mass is 9.92. The SMILES string of the molecule is CCC(C1=NC(C)(C)CC(C)O1)c1ccccc1. The van der Waals surface area contributed by atoms with Crippen molar-refractivity contribution in [2.24, 2.45) is 4.99 Å². The Bertz CT molecular complexity index is 422. The van der Waals surface area contributed by atoms with Gasteiger partial charge in [0.05, 0.1) is 17.6 Å². The van der Waals surface area contributed by atoms with Gasteiger partial charge in [0.25, 0.3) is 0 Å². The monoisotopic (exact) mass is 245 g/mol. The fraction of sp³-hybridized carbons (Fsp3) is 0.562. The number of aliphatic imine (C=N–C) groups is 1. The quantitative estimate of drug-likeness (QED) is 0.783. The van der Waals surface area contributed by atoms with E-state index in [1.807, 2.05) is 6.07 Å². The van der Waals surface area contributed by atoms with Gasteiger partial charge in [-0.25, -0.2) is 4.99 Å². The van der Waals surface area contributed by atoms with Gasteiger partial charge < -0.3 is 4.74 Å². The zero-order valence-corrected chi connectivity index (χ0v) is 11.8. The minimum absolute atomic E-state index is 0.00476. The first-order valence-electron chi connectivity index (χ1n) is 6.83. The summed E-state index contributed by atoms with van der Waals surface area (Å²) < 4.78 is 5.98. The molecule has 0 bridgehead atoms. The van der Waals surface area contributed by atoms with Crippen molar-refractivity contribution in [3.63, 3.8) is 0 Å². The Kier molecular flexibility index (Phi) is 3.74. The van der Waals surface area contributed by atoms with Crippen molar-refractivity contribution < 1.29 is 4.74 Å². The summed E-state index contributed by atoms with van der Waals surface area (Å²) in [5.41, 5.74) is 1.29. The fourth-order valence-electron chi connectivity index (χ4n) is 2.72. The summed E-state index contributed by atoms with van der Waals surface area (Å²) in [6.07, 6.45) is 2.26. The Labute approximate surface area is 110 Å². The second-order valence-electron chi connectivity index (χ2n) is 5.77. The van der Waals surface area contributed by atoms with Gasteiger partial charge in [-0.3, -0.25) is 0 Å². The first-order chi connectivity index (χ1) is 8.52. The molecule has 2 nitrogen and oxygen atoms in total. The van der Waals surface area contributed by atoms with E-state index in [-0.39, 0.29) is 17.6 Å². The van der Waals surface area contributed by atoms with E-state index in [1.54, 1.807) is 0 Å². The highest BCUT2D eigenvalue weighted by molar-refractivity contribution is 5.84. The lowest BCUT2D eigenvalue weighted by Gasteiger charge is -2.34. The lowest BCUT2D eigenvalue weighted by Crippen LogP contribution is -2.36. The maximum atomic E-state index is 5.98. The maximum Gasteiger partial charge on any atom is 0.191 e. The number of rotatable bonds is 3. The second-order valence-corrected chi connectivity index (χ2v) is 5.77. The van der Waals surface area contributed by atoms with Crippen LogP contribution in [0.25, 0.3) is 0 Å². The minimum Gasteiger partial charge on any atom is -0.477 e. The normalized spacial score (nSPS) is 24.0. The van der Waals surface area contributed by atoms with Crippen LogP contribution in [0.5, 0.6) is 0 Å². The molecule has 0 N–H and O–H groups in total. The van der Waals surface area contributed by atoms with Crippen molar-refractivity contribution in [3.05, 3.63) is 35.9 Å². The third kappa shape index (κ3) is 2.92. The molecule has 0 amide bonds. The summed E-state index contributed by atoms with van der Waals surface area (Å²) in [6, 6.07) is 10.5. The predicted molar refractivity (Wildman–Crippen MR) is 76.2 cm³/mol. The van der Waals surface area contributed by atoms with Crippen molar-refractivity contribution in [1.29, 1.82) is 0 Å². The van der Waals surface area contributed by atoms with Crippen molar-refractivity contribution in [3.8, 4) is 0 Å². The molecule has 0 saturated heterocycles. The molecule has 0 radical (unpaired) electrons. The molecular weight excluding hydrogens is 222 g/mol. The molecule has 1 aromatic rings. The number of hydrogen-bond acceptors (Lipinski definition) is 2. The van der Waals surface area contributed by atoms with Crippen LogP contribution in [0.2, 0.25) is 0 Å². The van der Waals surface area contributed by atoms with Crippen LogP contribution in [0.1, 0.15) is 52.0 Å². The third-order valence-electron chi connectivity index (χ3n) is 3.43. The van der Waals surface area contributed by atoms with Crippen LogP contribution < -0.4 is 0 Å². The van der Waals surface area contributed by atoms with E-state index in [0.29, 0.717) is 0 Å². The largest absolute Gasteiger partial charge is 0.477 e. The summed E-state index contributed by atoms with van der Waals surface area (Å²) in [6.45, 7) is 8.69. The number of nitrogens with zero attached hydrogens (tertiary/aromatic N) is 1. The van der Waals surface area contributed by atoms with E-state index in [4.69, 9.17) is 9.73 Å². The molecule has 0 fully saturated rings. The lowest BCUT2D eigenvalue weighted by molar-refractivity contribution is 0.136. The van der Waals surface area contributed by atoms with Crippen molar-refractivity contribution in [2.75, 3.05) is 0 Å². The molecule has 0 aliphatic carbocycles. The predicted octanol–water partition coefficient (Wildman–Crippen LogP) is 4.17. The summed E-state index contributed by atoms with van der Waals surface area (Å²) in [5.74, 6) is 1.20. The number of ether oxygens (including phenoxy) is 1. The van der Waals surface area contributed by atoms with E-state index in [0.717, 1.165) is 18.7 Å². The van der Waals surface area contributed by atoms with Gasteiger partial charge >= 0.3 is 0 Å². The Morgan fingerprint density at radius 3 is 2.56 bits per heavy atom. The molecule has 1 aromatic carbocycles. The molecule has 0 spiro atoms. The van der Waals surface area contributed by atoms with Gasteiger partial charge in [0.2, 0.25) is 0 Å². The van der Waals surface area contributed by atoms with Gasteiger partial charge in [-0.15, -0.1) is 0 Å². The highest BCUT2D eigenvalue weighted by Gasteiger charge is 2.31. The van der Waals surface area contributed by atoms with E-state index in [1.165, 1.54) is 5.56 Å². The van der Waals surface area contributed by atoms with Gasteiger partial charge in [-0.2, -0.15) is 0 Å². The Morgan fingerprint density at radius 1 is 1.33 bits per heavy atom. The average Bonchev–Trinajstić information content (AvgIpc) is 2.28. The molecule has 1 heterocycles. The Balaban J connectivity index is 2.31. The van der Waals surface area contributed by atoms with Crippen molar-refractivity contribution in [1.82, 2.24) is 0 Å². The maximum absolute atomic E-state index is 5.98. The van der Waals surface area contributed by atoms with Crippen LogP contribution in [0.3, 0.4) is 0 Å². The summed E-state index contributed by atoms with van der Waals surface area (Å²) in [4.78, 5) is 4.81. The highest BCUT2D eigenvalue weighted by atomic mass is 16.5. The van der Waals surface area contributed by atoms with Crippen LogP contribution in [0.15, 0.2) is 35.3 Å². The second kappa shape index (κ2) is 5.13. The highest BCUT2D eigenvalue weighted by Crippen LogP contribution is 2.31. The zero-order valence-electron chi connectivity index (χ0n) is 11.8. The standard InChI is InChI=1S/C16H23NO/c1-5-14(13-9-7-6-8-10-13)15-17-16(3,4)11-12(2)18-15/h6-10,12,14H,5,11H2,1-4H3. The zero-order chi connectivity index (χ0) is 13.2. The van der Waals surface area contributed by atoms with Crippen LogP contribution in [-0.4, -0.2) is 17.5 Å². The number of hydrogen-bond donors (Lipinski definition) is 0. The van der Waals surface area contributed by atoms with E-state index in [2.05, 4.69) is 52.0 Å². The van der Waals surface area contributed by atoms with Gasteiger partial charge in [-0.1, -0.05) is 37.3 Å². The molecule has 1 aliphatic rings. The Morgan fingerprint density at radius 2 is 2.00 bits per heavy atom. The van der Waals surface area contributed by atoms with Crippen molar-refractivity contribution >= 4 is 5.90 Å². The minimum atomic E-state index is -0.00476. The van der Waals surface area contributed by atoms with Gasteiger partial charge in [0.15, 0.2) is 5.90 Å². The molecule has 0 saturated carbocycles. The molecule has 98 valence electrons. The molecule has 1 aliphatic heterocycles. The summed E-state index contributed by atoms with van der Waals surface area (Å²) in [5, 5.41) is 0. The molecule has 0 aromatic heterocycles. The molecule has 2 unspecified atom stereocenters. The molecule has 2 heteroatoms. The van der Waals surface area contributed by atoms with Gasteiger partial charge in [0, 0.05) is 6.42 Å².